The van der Waals surface area contributed by atoms with Gasteiger partial charge in [0.05, 0.1) is 0 Å². The highest BCUT2D eigenvalue weighted by atomic mass is 15.1. The highest BCUT2D eigenvalue weighted by molar-refractivity contribution is 5.78. The summed E-state index contributed by atoms with van der Waals surface area (Å²) < 4.78 is 0. The standard InChI is InChI=1S/C17H35N3/c1-13(2)11-15(5)9-8-10-19-16(18)20-17(6,7)12-14(3)4/h11,14-15H,8-10,12H2,1-7H3,(H3,18,19,20). The van der Waals surface area contributed by atoms with Crippen LogP contribution < -0.4 is 11.1 Å². The van der Waals surface area contributed by atoms with Crippen LogP contribution in [-0.2, 0) is 0 Å². The normalized spacial score (nSPS) is 14.3. The number of hydrogen-bond donors (Lipinski definition) is 2. The lowest BCUT2D eigenvalue weighted by Crippen LogP contribution is -2.48. The monoisotopic (exact) mass is 281 g/mol. The summed E-state index contributed by atoms with van der Waals surface area (Å²) in [7, 11) is 0. The summed E-state index contributed by atoms with van der Waals surface area (Å²) in [5, 5.41) is 3.32. The van der Waals surface area contributed by atoms with E-state index in [9.17, 15) is 0 Å². The fourth-order valence-electron chi connectivity index (χ4n) is 2.72. The lowest BCUT2D eigenvalue weighted by molar-refractivity contribution is 0.362. The molecule has 1 atom stereocenters. The molecule has 3 nitrogen and oxygen atoms in total. The van der Waals surface area contributed by atoms with E-state index in [1.165, 1.54) is 5.57 Å². The molecule has 0 saturated carbocycles. The van der Waals surface area contributed by atoms with E-state index in [4.69, 9.17) is 5.73 Å². The van der Waals surface area contributed by atoms with E-state index in [0.717, 1.165) is 25.8 Å². The molecule has 118 valence electrons. The summed E-state index contributed by atoms with van der Waals surface area (Å²) in [6, 6.07) is 0. The predicted octanol–water partition coefficient (Wildman–Crippen LogP) is 4.10. The molecule has 0 rings (SSSR count). The van der Waals surface area contributed by atoms with Gasteiger partial charge in [0.15, 0.2) is 5.96 Å². The quantitative estimate of drug-likeness (QED) is 0.304. The molecule has 0 aromatic heterocycles. The lowest BCUT2D eigenvalue weighted by Gasteiger charge is -2.28. The van der Waals surface area contributed by atoms with Crippen molar-refractivity contribution in [1.29, 1.82) is 0 Å². The van der Waals surface area contributed by atoms with Gasteiger partial charge in [0.1, 0.15) is 0 Å². The third kappa shape index (κ3) is 10.9. The topological polar surface area (TPSA) is 50.4 Å². The summed E-state index contributed by atoms with van der Waals surface area (Å²) in [4.78, 5) is 4.43. The zero-order valence-electron chi connectivity index (χ0n) is 14.6. The Kier molecular flexibility index (Phi) is 8.59. The summed E-state index contributed by atoms with van der Waals surface area (Å²) in [6.45, 7) is 16.1. The average molecular weight is 281 g/mol. The van der Waals surface area contributed by atoms with Crippen LogP contribution >= 0.6 is 0 Å². The number of guanidine groups is 1. The third-order valence-electron chi connectivity index (χ3n) is 3.10. The van der Waals surface area contributed by atoms with Gasteiger partial charge in [-0.3, -0.25) is 4.99 Å². The number of aliphatic imine (C=N–C) groups is 1. The third-order valence-corrected chi connectivity index (χ3v) is 3.10. The van der Waals surface area contributed by atoms with Gasteiger partial charge >= 0.3 is 0 Å². The second-order valence-electron chi connectivity index (χ2n) is 7.24. The maximum Gasteiger partial charge on any atom is 0.188 e. The molecular formula is C17H35N3. The van der Waals surface area contributed by atoms with Crippen molar-refractivity contribution in [3.8, 4) is 0 Å². The molecule has 0 heterocycles. The van der Waals surface area contributed by atoms with Crippen molar-refractivity contribution in [3.05, 3.63) is 11.6 Å². The van der Waals surface area contributed by atoms with Gasteiger partial charge in [-0.2, -0.15) is 0 Å². The molecule has 1 unspecified atom stereocenters. The molecule has 0 aromatic carbocycles. The minimum Gasteiger partial charge on any atom is -0.370 e. The first kappa shape index (κ1) is 19.0. The summed E-state index contributed by atoms with van der Waals surface area (Å²) in [6.07, 6.45) is 5.65. The van der Waals surface area contributed by atoms with Crippen LogP contribution in [0.15, 0.2) is 16.6 Å². The van der Waals surface area contributed by atoms with Crippen molar-refractivity contribution >= 4 is 5.96 Å². The number of nitrogens with zero attached hydrogens (tertiary/aromatic N) is 1. The SMILES string of the molecule is CC(C)=CC(C)CCCN=C(N)NC(C)(C)CC(C)C. The van der Waals surface area contributed by atoms with Crippen molar-refractivity contribution in [1.82, 2.24) is 5.32 Å². The van der Waals surface area contributed by atoms with Crippen molar-refractivity contribution in [2.24, 2.45) is 22.6 Å². The number of hydrogen-bond acceptors (Lipinski definition) is 1. The molecule has 0 aliphatic heterocycles. The van der Waals surface area contributed by atoms with Crippen LogP contribution in [0.1, 0.15) is 67.7 Å². The largest absolute Gasteiger partial charge is 0.370 e. The minimum absolute atomic E-state index is 0.0110. The van der Waals surface area contributed by atoms with Crippen LogP contribution in [0.3, 0.4) is 0 Å². The summed E-state index contributed by atoms with van der Waals surface area (Å²) in [5.41, 5.74) is 7.36. The zero-order chi connectivity index (χ0) is 15.8. The van der Waals surface area contributed by atoms with E-state index >= 15 is 0 Å². The molecule has 3 N–H and O–H groups in total. The molecule has 3 heteroatoms. The van der Waals surface area contributed by atoms with Gasteiger partial charge in [0, 0.05) is 12.1 Å². The van der Waals surface area contributed by atoms with Crippen LogP contribution in [0.5, 0.6) is 0 Å². The lowest BCUT2D eigenvalue weighted by atomic mass is 9.93. The summed E-state index contributed by atoms with van der Waals surface area (Å²) >= 11 is 0. The van der Waals surface area contributed by atoms with Crippen LogP contribution in [0.2, 0.25) is 0 Å². The molecule has 0 radical (unpaired) electrons. The molecule has 0 aliphatic rings. The van der Waals surface area contributed by atoms with Gasteiger partial charge in [0.25, 0.3) is 0 Å². The Morgan fingerprint density at radius 3 is 2.35 bits per heavy atom. The smallest absolute Gasteiger partial charge is 0.188 e. The van der Waals surface area contributed by atoms with Crippen LogP contribution in [-0.4, -0.2) is 18.0 Å². The highest BCUT2D eigenvalue weighted by Crippen LogP contribution is 2.15. The molecule has 0 fully saturated rings. The van der Waals surface area contributed by atoms with Gasteiger partial charge in [-0.1, -0.05) is 32.4 Å². The van der Waals surface area contributed by atoms with E-state index in [-0.39, 0.29) is 5.54 Å². The fourth-order valence-corrected chi connectivity index (χ4v) is 2.72. The minimum atomic E-state index is 0.0110. The van der Waals surface area contributed by atoms with Crippen LogP contribution in [0, 0.1) is 11.8 Å². The highest BCUT2D eigenvalue weighted by Gasteiger charge is 2.19. The number of nitrogens with one attached hydrogen (secondary N) is 1. The van der Waals surface area contributed by atoms with Crippen molar-refractivity contribution in [2.45, 2.75) is 73.3 Å². The van der Waals surface area contributed by atoms with Crippen LogP contribution in [0.4, 0.5) is 0 Å². The number of allylic oxidation sites excluding steroid dienone is 2. The molecular weight excluding hydrogens is 246 g/mol. The summed E-state index contributed by atoms with van der Waals surface area (Å²) in [5.74, 6) is 1.85. The molecule has 0 bridgehead atoms. The van der Waals surface area contributed by atoms with Crippen LogP contribution in [0.25, 0.3) is 0 Å². The molecule has 0 aliphatic carbocycles. The molecule has 20 heavy (non-hydrogen) atoms. The Morgan fingerprint density at radius 2 is 1.85 bits per heavy atom. The number of nitrogens with two attached hydrogens (primary N) is 1. The Morgan fingerprint density at radius 1 is 1.25 bits per heavy atom. The van der Waals surface area contributed by atoms with Gasteiger partial charge in [-0.15, -0.1) is 0 Å². The Hall–Kier alpha value is -0.990. The Labute approximate surface area is 126 Å². The first-order valence-corrected chi connectivity index (χ1v) is 7.85. The maximum absolute atomic E-state index is 5.96. The van der Waals surface area contributed by atoms with Crippen molar-refractivity contribution in [2.75, 3.05) is 6.54 Å². The second-order valence-corrected chi connectivity index (χ2v) is 7.24. The molecule has 0 amide bonds. The molecule has 0 spiro atoms. The van der Waals surface area contributed by atoms with Crippen molar-refractivity contribution in [3.63, 3.8) is 0 Å². The maximum atomic E-state index is 5.96. The van der Waals surface area contributed by atoms with E-state index in [1.54, 1.807) is 0 Å². The van der Waals surface area contributed by atoms with Gasteiger partial charge in [-0.05, 0) is 58.8 Å². The van der Waals surface area contributed by atoms with Gasteiger partial charge in [-0.25, -0.2) is 0 Å². The first-order valence-electron chi connectivity index (χ1n) is 7.85. The van der Waals surface area contributed by atoms with Crippen molar-refractivity contribution < 1.29 is 0 Å². The number of rotatable bonds is 8. The predicted molar refractivity (Wildman–Crippen MR) is 91.0 cm³/mol. The Balaban J connectivity index is 4.06. The Bertz CT molecular complexity index is 323. The fraction of sp³-hybridized carbons (Fsp3) is 0.824. The zero-order valence-corrected chi connectivity index (χ0v) is 14.6. The van der Waals surface area contributed by atoms with E-state index in [1.807, 2.05) is 0 Å². The average Bonchev–Trinajstić information content (AvgIpc) is 2.20. The van der Waals surface area contributed by atoms with E-state index in [2.05, 4.69) is 64.9 Å². The van der Waals surface area contributed by atoms with E-state index in [0.29, 0.717) is 17.8 Å². The van der Waals surface area contributed by atoms with E-state index < -0.39 is 0 Å². The van der Waals surface area contributed by atoms with Gasteiger partial charge in [0.2, 0.25) is 0 Å². The molecule has 0 aromatic rings. The van der Waals surface area contributed by atoms with Gasteiger partial charge < -0.3 is 11.1 Å². The first-order chi connectivity index (χ1) is 9.12. The molecule has 0 saturated heterocycles. The second kappa shape index (κ2) is 9.04.